The van der Waals surface area contributed by atoms with Crippen LogP contribution in [-0.2, 0) is 11.3 Å². The number of nitrogens with zero attached hydrogens (tertiary/aromatic N) is 2. The molecule has 0 radical (unpaired) electrons. The van der Waals surface area contributed by atoms with Crippen molar-refractivity contribution in [2.24, 2.45) is 0 Å². The fraction of sp³-hybridized carbons (Fsp3) is 0.133. The predicted octanol–water partition coefficient (Wildman–Crippen LogP) is 3.46. The highest BCUT2D eigenvalue weighted by Crippen LogP contribution is 2.18. The van der Waals surface area contributed by atoms with Crippen LogP contribution in [0.4, 0.5) is 0 Å². The lowest BCUT2D eigenvalue weighted by atomic mass is 10.2. The number of hydrogen-bond donors (Lipinski definition) is 0. The fourth-order valence-electron chi connectivity index (χ4n) is 1.79. The largest absolute Gasteiger partial charge is 0.451 e. The molecule has 106 valence electrons. The third kappa shape index (κ3) is 3.00. The van der Waals surface area contributed by atoms with Crippen LogP contribution in [0.2, 0.25) is 0 Å². The van der Waals surface area contributed by atoms with Crippen LogP contribution in [-0.4, -0.2) is 16.1 Å². The third-order valence-corrected chi connectivity index (χ3v) is 3.87. The summed E-state index contributed by atoms with van der Waals surface area (Å²) < 4.78 is 10.3. The van der Waals surface area contributed by atoms with Crippen molar-refractivity contribution >= 4 is 17.3 Å². The maximum absolute atomic E-state index is 11.9. The van der Waals surface area contributed by atoms with Crippen LogP contribution < -0.4 is 0 Å². The van der Waals surface area contributed by atoms with Crippen LogP contribution in [0.5, 0.6) is 0 Å². The average molecular weight is 300 g/mol. The van der Waals surface area contributed by atoms with Crippen molar-refractivity contribution in [2.45, 2.75) is 13.5 Å². The van der Waals surface area contributed by atoms with E-state index in [1.165, 1.54) is 11.3 Å². The second-order valence-corrected chi connectivity index (χ2v) is 5.30. The molecular formula is C15H12N2O3S. The van der Waals surface area contributed by atoms with Gasteiger partial charge in [0.25, 0.3) is 5.89 Å². The molecule has 0 aliphatic rings. The lowest BCUT2D eigenvalue weighted by molar-refractivity contribution is 0.0435. The summed E-state index contributed by atoms with van der Waals surface area (Å²) in [6, 6.07) is 11.3. The molecule has 3 aromatic rings. The zero-order chi connectivity index (χ0) is 14.7. The Morgan fingerprint density at radius 3 is 2.81 bits per heavy atom. The molecule has 0 N–H and O–H groups in total. The Morgan fingerprint density at radius 2 is 2.10 bits per heavy atom. The third-order valence-electron chi connectivity index (χ3n) is 2.87. The minimum Gasteiger partial charge on any atom is -0.451 e. The minimum absolute atomic E-state index is 0.0317. The number of esters is 1. The Kier molecular flexibility index (Phi) is 3.79. The summed E-state index contributed by atoms with van der Waals surface area (Å²) >= 11 is 1.35. The van der Waals surface area contributed by atoms with E-state index in [4.69, 9.17) is 9.26 Å². The maximum atomic E-state index is 11.9. The molecule has 0 unspecified atom stereocenters. The fourth-order valence-corrected chi connectivity index (χ4v) is 2.61. The molecular weight excluding hydrogens is 288 g/mol. The van der Waals surface area contributed by atoms with E-state index < -0.39 is 0 Å². The maximum Gasteiger partial charge on any atom is 0.349 e. The van der Waals surface area contributed by atoms with Gasteiger partial charge in [-0.15, -0.1) is 11.3 Å². The molecule has 0 atom stereocenters. The number of thiophene rings is 1. The normalized spacial score (nSPS) is 10.5. The summed E-state index contributed by atoms with van der Waals surface area (Å²) in [6.07, 6.45) is 0. The van der Waals surface area contributed by atoms with Crippen molar-refractivity contribution in [1.29, 1.82) is 0 Å². The molecule has 0 aliphatic carbocycles. The first-order chi connectivity index (χ1) is 10.2. The molecule has 0 saturated carbocycles. The number of carbonyl (C=O) groups is 1. The number of aryl methyl sites for hydroxylation is 1. The van der Waals surface area contributed by atoms with Crippen LogP contribution in [0.25, 0.3) is 11.4 Å². The molecule has 0 aliphatic heterocycles. The van der Waals surface area contributed by atoms with Gasteiger partial charge in [0.05, 0.1) is 0 Å². The van der Waals surface area contributed by atoms with E-state index >= 15 is 0 Å². The molecule has 6 heteroatoms. The first-order valence-corrected chi connectivity index (χ1v) is 7.21. The molecule has 0 amide bonds. The van der Waals surface area contributed by atoms with Gasteiger partial charge in [0.1, 0.15) is 4.88 Å². The summed E-state index contributed by atoms with van der Waals surface area (Å²) in [7, 11) is 0. The second-order valence-electron chi connectivity index (χ2n) is 4.39. The smallest absolute Gasteiger partial charge is 0.349 e. The summed E-state index contributed by atoms with van der Waals surface area (Å²) in [5.41, 5.74) is 1.76. The van der Waals surface area contributed by atoms with Crippen molar-refractivity contribution in [2.75, 3.05) is 0 Å². The SMILES string of the molecule is Cc1ccsc1C(=O)OCc1nc(-c2ccccc2)no1. The molecule has 0 spiro atoms. The molecule has 0 bridgehead atoms. The quantitative estimate of drug-likeness (QED) is 0.690. The van der Waals surface area contributed by atoms with Crippen molar-refractivity contribution in [3.8, 4) is 11.4 Å². The van der Waals surface area contributed by atoms with Gasteiger partial charge in [0.2, 0.25) is 5.82 Å². The van der Waals surface area contributed by atoms with Gasteiger partial charge >= 0.3 is 5.97 Å². The lowest BCUT2D eigenvalue weighted by Crippen LogP contribution is -2.04. The number of benzene rings is 1. The van der Waals surface area contributed by atoms with Crippen molar-refractivity contribution in [1.82, 2.24) is 10.1 Å². The van der Waals surface area contributed by atoms with Gasteiger partial charge in [-0.2, -0.15) is 4.98 Å². The van der Waals surface area contributed by atoms with Gasteiger partial charge in [0, 0.05) is 5.56 Å². The van der Waals surface area contributed by atoms with E-state index in [1.54, 1.807) is 0 Å². The molecule has 0 saturated heterocycles. The van der Waals surface area contributed by atoms with Gasteiger partial charge < -0.3 is 9.26 Å². The number of rotatable bonds is 4. The van der Waals surface area contributed by atoms with Crippen LogP contribution in [0, 0.1) is 6.92 Å². The van der Waals surface area contributed by atoms with Gasteiger partial charge in [-0.05, 0) is 23.9 Å². The molecule has 1 aromatic carbocycles. The summed E-state index contributed by atoms with van der Waals surface area (Å²) in [5.74, 6) is 0.382. The minimum atomic E-state index is -0.373. The number of carbonyl (C=O) groups excluding carboxylic acids is 1. The van der Waals surface area contributed by atoms with E-state index in [-0.39, 0.29) is 18.5 Å². The molecule has 3 rings (SSSR count). The van der Waals surface area contributed by atoms with Gasteiger partial charge in [0.15, 0.2) is 6.61 Å². The molecule has 21 heavy (non-hydrogen) atoms. The highest BCUT2D eigenvalue weighted by molar-refractivity contribution is 7.12. The number of ether oxygens (including phenoxy) is 1. The molecule has 2 heterocycles. The number of hydrogen-bond acceptors (Lipinski definition) is 6. The summed E-state index contributed by atoms with van der Waals surface area (Å²) in [5, 5.41) is 5.72. The zero-order valence-electron chi connectivity index (χ0n) is 11.3. The summed E-state index contributed by atoms with van der Waals surface area (Å²) in [4.78, 5) is 16.7. The standard InChI is InChI=1S/C15H12N2O3S/c1-10-7-8-21-13(10)15(18)19-9-12-16-14(17-20-12)11-5-3-2-4-6-11/h2-8H,9H2,1H3. The highest BCUT2D eigenvalue weighted by atomic mass is 32.1. The van der Waals surface area contributed by atoms with Crippen LogP contribution >= 0.6 is 11.3 Å². The Bertz CT molecular complexity index is 749. The highest BCUT2D eigenvalue weighted by Gasteiger charge is 2.14. The van der Waals surface area contributed by atoms with E-state index in [1.807, 2.05) is 48.7 Å². The van der Waals surface area contributed by atoms with Crippen LogP contribution in [0.3, 0.4) is 0 Å². The van der Waals surface area contributed by atoms with E-state index in [0.717, 1.165) is 11.1 Å². The Hall–Kier alpha value is -2.47. The topological polar surface area (TPSA) is 65.2 Å². The van der Waals surface area contributed by atoms with Crippen molar-refractivity contribution < 1.29 is 14.1 Å². The summed E-state index contributed by atoms with van der Waals surface area (Å²) in [6.45, 7) is 1.84. The van der Waals surface area contributed by atoms with Gasteiger partial charge in [-0.25, -0.2) is 4.79 Å². The average Bonchev–Trinajstić information content (AvgIpc) is 3.15. The Morgan fingerprint density at radius 1 is 1.29 bits per heavy atom. The van der Waals surface area contributed by atoms with Gasteiger partial charge in [-0.3, -0.25) is 0 Å². The van der Waals surface area contributed by atoms with E-state index in [9.17, 15) is 4.79 Å². The first kappa shape index (κ1) is 13.5. The predicted molar refractivity (Wildman–Crippen MR) is 77.9 cm³/mol. The molecule has 2 aromatic heterocycles. The van der Waals surface area contributed by atoms with Crippen LogP contribution in [0.1, 0.15) is 21.1 Å². The van der Waals surface area contributed by atoms with Crippen LogP contribution in [0.15, 0.2) is 46.3 Å². The molecule has 0 fully saturated rings. The number of aromatic nitrogens is 2. The second kappa shape index (κ2) is 5.88. The Balaban J connectivity index is 1.66. The van der Waals surface area contributed by atoms with E-state index in [2.05, 4.69) is 10.1 Å². The van der Waals surface area contributed by atoms with Crippen molar-refractivity contribution in [3.63, 3.8) is 0 Å². The van der Waals surface area contributed by atoms with E-state index in [0.29, 0.717) is 10.7 Å². The first-order valence-electron chi connectivity index (χ1n) is 6.33. The monoisotopic (exact) mass is 300 g/mol. The van der Waals surface area contributed by atoms with Gasteiger partial charge in [-0.1, -0.05) is 35.5 Å². The van der Waals surface area contributed by atoms with Crippen molar-refractivity contribution in [3.05, 3.63) is 58.1 Å². The Labute approximate surface area is 125 Å². The molecule has 5 nitrogen and oxygen atoms in total. The lowest BCUT2D eigenvalue weighted by Gasteiger charge is -2.00. The zero-order valence-corrected chi connectivity index (χ0v) is 12.1.